The van der Waals surface area contributed by atoms with Crippen molar-refractivity contribution < 1.29 is 9.53 Å². The van der Waals surface area contributed by atoms with Crippen LogP contribution in [0.15, 0.2) is 18.2 Å². The molecule has 0 aromatic heterocycles. The van der Waals surface area contributed by atoms with Crippen LogP contribution < -0.4 is 10.1 Å². The van der Waals surface area contributed by atoms with E-state index in [1.165, 1.54) is 0 Å². The molecule has 0 aliphatic carbocycles. The zero-order valence-corrected chi connectivity index (χ0v) is 12.3. The minimum atomic E-state index is -0.0476. The number of hydrogen-bond acceptors (Lipinski definition) is 2. The van der Waals surface area contributed by atoms with Crippen LogP contribution in [0.5, 0.6) is 5.75 Å². The lowest BCUT2D eigenvalue weighted by Crippen LogP contribution is -2.24. The molecular weight excluding hydrogens is 294 g/mol. The summed E-state index contributed by atoms with van der Waals surface area (Å²) in [5, 5.41) is 2.83. The minimum absolute atomic E-state index is 0.0476. The van der Waals surface area contributed by atoms with Crippen molar-refractivity contribution in [2.45, 2.75) is 25.1 Å². The topological polar surface area (TPSA) is 38.3 Å². The van der Waals surface area contributed by atoms with E-state index in [0.717, 1.165) is 12.0 Å². The molecule has 0 saturated heterocycles. The van der Waals surface area contributed by atoms with Crippen LogP contribution in [0.1, 0.15) is 41.0 Å². The lowest BCUT2D eigenvalue weighted by Gasteiger charge is -2.14. The molecule has 0 saturated carbocycles. The molecule has 1 heterocycles. The molecule has 1 unspecified atom stereocenters. The highest BCUT2D eigenvalue weighted by atomic mass is 79.9. The van der Waals surface area contributed by atoms with E-state index in [0.29, 0.717) is 30.4 Å². The maximum absolute atomic E-state index is 11.9. The zero-order chi connectivity index (χ0) is 13.1. The maximum Gasteiger partial charge on any atom is 0.255 e. The zero-order valence-electron chi connectivity index (χ0n) is 10.7. The third-order valence-electron chi connectivity index (χ3n) is 2.93. The standard InChI is InChI=1S/C14H18BrNO2/c1-9(2)7-12(15)10-3-4-13-11(8-10)14(17)16-5-6-18-13/h3-4,8-9,12H,5-7H2,1-2H3,(H,16,17). The number of halogens is 1. The number of benzene rings is 1. The van der Waals surface area contributed by atoms with Gasteiger partial charge in [0.15, 0.2) is 0 Å². The third kappa shape index (κ3) is 3.05. The Hall–Kier alpha value is -1.03. The molecule has 0 bridgehead atoms. The molecule has 2 rings (SSSR count). The van der Waals surface area contributed by atoms with E-state index < -0.39 is 0 Å². The molecule has 3 nitrogen and oxygen atoms in total. The van der Waals surface area contributed by atoms with E-state index in [1.807, 2.05) is 18.2 Å². The average molecular weight is 312 g/mol. The first-order valence-corrected chi connectivity index (χ1v) is 7.18. The van der Waals surface area contributed by atoms with Crippen molar-refractivity contribution in [3.05, 3.63) is 29.3 Å². The summed E-state index contributed by atoms with van der Waals surface area (Å²) in [5.74, 6) is 1.24. The smallest absolute Gasteiger partial charge is 0.255 e. The largest absolute Gasteiger partial charge is 0.491 e. The number of carbonyl (C=O) groups is 1. The number of nitrogens with one attached hydrogen (secondary N) is 1. The molecule has 4 heteroatoms. The molecule has 1 amide bonds. The summed E-state index contributed by atoms with van der Waals surface area (Å²) < 4.78 is 5.54. The molecule has 1 atom stereocenters. The molecular formula is C14H18BrNO2. The van der Waals surface area contributed by atoms with Crippen LogP contribution in [0, 0.1) is 5.92 Å². The van der Waals surface area contributed by atoms with Crippen LogP contribution in [0.25, 0.3) is 0 Å². The van der Waals surface area contributed by atoms with Crippen molar-refractivity contribution in [2.75, 3.05) is 13.2 Å². The predicted molar refractivity (Wildman–Crippen MR) is 75.4 cm³/mol. The molecule has 0 radical (unpaired) electrons. The van der Waals surface area contributed by atoms with Crippen molar-refractivity contribution in [1.82, 2.24) is 5.32 Å². The lowest BCUT2D eigenvalue weighted by atomic mass is 10.0. The van der Waals surface area contributed by atoms with Gasteiger partial charge in [0.05, 0.1) is 12.1 Å². The summed E-state index contributed by atoms with van der Waals surface area (Å²) in [6, 6.07) is 5.85. The number of alkyl halides is 1. The molecule has 98 valence electrons. The van der Waals surface area contributed by atoms with E-state index in [4.69, 9.17) is 4.74 Å². The van der Waals surface area contributed by atoms with Gasteiger partial charge in [-0.15, -0.1) is 0 Å². The van der Waals surface area contributed by atoms with Crippen LogP contribution in [0.2, 0.25) is 0 Å². The first kappa shape index (κ1) is 13.4. The summed E-state index contributed by atoms with van der Waals surface area (Å²) >= 11 is 3.68. The second-order valence-corrected chi connectivity index (χ2v) is 6.06. The van der Waals surface area contributed by atoms with Crippen LogP contribution in [0.3, 0.4) is 0 Å². The number of hydrogen-bond donors (Lipinski definition) is 1. The van der Waals surface area contributed by atoms with E-state index in [2.05, 4.69) is 35.1 Å². The first-order valence-electron chi connectivity index (χ1n) is 6.27. The lowest BCUT2D eigenvalue weighted by molar-refractivity contribution is 0.0957. The Balaban J connectivity index is 2.27. The fourth-order valence-electron chi connectivity index (χ4n) is 2.02. The van der Waals surface area contributed by atoms with Crippen LogP contribution in [-0.4, -0.2) is 19.1 Å². The van der Waals surface area contributed by atoms with Crippen molar-refractivity contribution >= 4 is 21.8 Å². The van der Waals surface area contributed by atoms with Crippen LogP contribution >= 0.6 is 15.9 Å². The Morgan fingerprint density at radius 2 is 2.22 bits per heavy atom. The van der Waals surface area contributed by atoms with E-state index in [-0.39, 0.29) is 10.7 Å². The molecule has 1 aromatic carbocycles. The van der Waals surface area contributed by atoms with Gasteiger partial charge in [-0.1, -0.05) is 35.8 Å². The number of amides is 1. The quantitative estimate of drug-likeness (QED) is 0.870. The van der Waals surface area contributed by atoms with Crippen LogP contribution in [-0.2, 0) is 0 Å². The molecule has 18 heavy (non-hydrogen) atoms. The number of rotatable bonds is 3. The molecule has 1 aliphatic rings. The Kier molecular flexibility index (Phi) is 4.27. The summed E-state index contributed by atoms with van der Waals surface area (Å²) in [7, 11) is 0. The van der Waals surface area contributed by atoms with Gasteiger partial charge >= 0.3 is 0 Å². The maximum atomic E-state index is 11.9. The van der Waals surface area contributed by atoms with Gasteiger partial charge in [-0.2, -0.15) is 0 Å². The van der Waals surface area contributed by atoms with Gasteiger partial charge in [-0.3, -0.25) is 4.79 Å². The molecule has 1 N–H and O–H groups in total. The normalized spacial score (nSPS) is 16.6. The Morgan fingerprint density at radius 1 is 1.44 bits per heavy atom. The molecule has 0 fully saturated rings. The second-order valence-electron chi connectivity index (χ2n) is 4.96. The summed E-state index contributed by atoms with van der Waals surface area (Å²) in [6.45, 7) is 5.47. The Morgan fingerprint density at radius 3 is 2.94 bits per heavy atom. The summed E-state index contributed by atoms with van der Waals surface area (Å²) in [4.78, 5) is 12.2. The highest BCUT2D eigenvalue weighted by Gasteiger charge is 2.19. The average Bonchev–Trinajstić information content (AvgIpc) is 2.50. The number of fused-ring (bicyclic) bond motifs is 1. The van der Waals surface area contributed by atoms with Crippen LogP contribution in [0.4, 0.5) is 0 Å². The van der Waals surface area contributed by atoms with Crippen molar-refractivity contribution in [3.8, 4) is 5.75 Å². The fraction of sp³-hybridized carbons (Fsp3) is 0.500. The van der Waals surface area contributed by atoms with E-state index in [9.17, 15) is 4.79 Å². The van der Waals surface area contributed by atoms with Gasteiger partial charge in [0.25, 0.3) is 5.91 Å². The predicted octanol–water partition coefficient (Wildman–Crippen LogP) is 3.29. The fourth-order valence-corrected chi connectivity index (χ4v) is 3.05. The molecule has 1 aromatic rings. The van der Waals surface area contributed by atoms with Gasteiger partial charge in [0.1, 0.15) is 12.4 Å². The van der Waals surface area contributed by atoms with Gasteiger partial charge in [-0.25, -0.2) is 0 Å². The second kappa shape index (κ2) is 5.74. The van der Waals surface area contributed by atoms with Crippen molar-refractivity contribution in [3.63, 3.8) is 0 Å². The van der Waals surface area contributed by atoms with Gasteiger partial charge < -0.3 is 10.1 Å². The summed E-state index contributed by atoms with van der Waals surface area (Å²) in [5.41, 5.74) is 1.77. The van der Waals surface area contributed by atoms with Gasteiger partial charge in [0, 0.05) is 4.83 Å². The van der Waals surface area contributed by atoms with Gasteiger partial charge in [-0.05, 0) is 30.0 Å². The number of ether oxygens (including phenoxy) is 1. The van der Waals surface area contributed by atoms with E-state index >= 15 is 0 Å². The molecule has 0 spiro atoms. The van der Waals surface area contributed by atoms with Crippen molar-refractivity contribution in [1.29, 1.82) is 0 Å². The minimum Gasteiger partial charge on any atom is -0.491 e. The van der Waals surface area contributed by atoms with Gasteiger partial charge in [0.2, 0.25) is 0 Å². The monoisotopic (exact) mass is 311 g/mol. The van der Waals surface area contributed by atoms with Crippen molar-refractivity contribution in [2.24, 2.45) is 5.92 Å². The Labute approximate surface area is 116 Å². The third-order valence-corrected chi connectivity index (χ3v) is 3.84. The first-order chi connectivity index (χ1) is 8.58. The summed E-state index contributed by atoms with van der Waals surface area (Å²) in [6.07, 6.45) is 1.04. The highest BCUT2D eigenvalue weighted by molar-refractivity contribution is 9.09. The Bertz CT molecular complexity index is 445. The highest BCUT2D eigenvalue weighted by Crippen LogP contribution is 2.33. The SMILES string of the molecule is CC(C)CC(Br)c1ccc2c(c1)C(=O)NCCO2. The number of carbonyl (C=O) groups excluding carboxylic acids is 1. The molecule has 1 aliphatic heterocycles. The van der Waals surface area contributed by atoms with E-state index in [1.54, 1.807) is 0 Å².